The van der Waals surface area contributed by atoms with E-state index in [2.05, 4.69) is 16.9 Å². The fraction of sp³-hybridized carbons (Fsp3) is 0.692. The molecular formula is C13H20N2O3. The van der Waals surface area contributed by atoms with Crippen LogP contribution >= 0.6 is 0 Å². The summed E-state index contributed by atoms with van der Waals surface area (Å²) in [5.74, 6) is -0.344. The SMILES string of the molecule is CCCCCCCCOC(=O)CC1=NC(=O)N=C1. The van der Waals surface area contributed by atoms with Crippen LogP contribution in [0.2, 0.25) is 0 Å². The molecule has 0 saturated carbocycles. The van der Waals surface area contributed by atoms with E-state index in [0.717, 1.165) is 12.8 Å². The number of hydrogen-bond donors (Lipinski definition) is 0. The van der Waals surface area contributed by atoms with Gasteiger partial charge in [-0.2, -0.15) is 9.98 Å². The van der Waals surface area contributed by atoms with E-state index in [1.54, 1.807) is 0 Å². The van der Waals surface area contributed by atoms with Gasteiger partial charge in [0, 0.05) is 0 Å². The maximum Gasteiger partial charge on any atom is 0.367 e. The molecule has 0 radical (unpaired) electrons. The van der Waals surface area contributed by atoms with E-state index in [4.69, 9.17) is 4.74 Å². The van der Waals surface area contributed by atoms with Crippen LogP contribution in [0.25, 0.3) is 0 Å². The summed E-state index contributed by atoms with van der Waals surface area (Å²) in [6.07, 6.45) is 8.28. The molecule has 0 aromatic carbocycles. The van der Waals surface area contributed by atoms with Gasteiger partial charge in [-0.25, -0.2) is 4.79 Å². The minimum Gasteiger partial charge on any atom is -0.465 e. The number of carbonyl (C=O) groups is 2. The normalized spacial score (nSPS) is 13.8. The van der Waals surface area contributed by atoms with Crippen molar-refractivity contribution >= 4 is 23.9 Å². The van der Waals surface area contributed by atoms with Gasteiger partial charge >= 0.3 is 12.0 Å². The molecule has 0 fully saturated rings. The lowest BCUT2D eigenvalue weighted by Crippen LogP contribution is -2.11. The molecule has 1 heterocycles. The topological polar surface area (TPSA) is 68.1 Å². The molecule has 0 atom stereocenters. The van der Waals surface area contributed by atoms with Gasteiger partial charge in [0.1, 0.15) is 0 Å². The second-order valence-corrected chi connectivity index (χ2v) is 4.31. The Labute approximate surface area is 107 Å². The zero-order chi connectivity index (χ0) is 13.2. The third kappa shape index (κ3) is 6.27. The number of hydrogen-bond acceptors (Lipinski definition) is 3. The van der Waals surface area contributed by atoms with Gasteiger partial charge in [-0.05, 0) is 6.42 Å². The van der Waals surface area contributed by atoms with Gasteiger partial charge < -0.3 is 4.74 Å². The summed E-state index contributed by atoms with van der Waals surface area (Å²) in [6.45, 7) is 2.63. The van der Waals surface area contributed by atoms with Crippen LogP contribution in [-0.2, 0) is 9.53 Å². The first-order valence-electron chi connectivity index (χ1n) is 6.53. The largest absolute Gasteiger partial charge is 0.465 e. The van der Waals surface area contributed by atoms with Crippen LogP contribution in [0.1, 0.15) is 51.9 Å². The standard InChI is InChI=1S/C13H20N2O3/c1-2-3-4-5-6-7-8-18-12(16)9-11-10-14-13(17)15-11/h10H,2-9H2,1H3. The Morgan fingerprint density at radius 1 is 1.22 bits per heavy atom. The van der Waals surface area contributed by atoms with Crippen LogP contribution in [-0.4, -0.2) is 30.5 Å². The van der Waals surface area contributed by atoms with E-state index in [-0.39, 0.29) is 12.4 Å². The van der Waals surface area contributed by atoms with Crippen molar-refractivity contribution in [2.75, 3.05) is 6.61 Å². The van der Waals surface area contributed by atoms with Crippen molar-refractivity contribution in [2.24, 2.45) is 9.98 Å². The van der Waals surface area contributed by atoms with Gasteiger partial charge in [-0.1, -0.05) is 39.0 Å². The molecule has 0 N–H and O–H groups in total. The number of esters is 1. The molecule has 2 amide bonds. The molecule has 5 heteroatoms. The number of aliphatic imine (C=N–C) groups is 2. The van der Waals surface area contributed by atoms with Gasteiger partial charge in [0.2, 0.25) is 0 Å². The van der Waals surface area contributed by atoms with Crippen molar-refractivity contribution in [3.8, 4) is 0 Å². The zero-order valence-electron chi connectivity index (χ0n) is 10.9. The molecular weight excluding hydrogens is 232 g/mol. The lowest BCUT2D eigenvalue weighted by Gasteiger charge is -2.03. The Kier molecular flexibility index (Phi) is 6.91. The van der Waals surface area contributed by atoms with E-state index in [1.807, 2.05) is 0 Å². The summed E-state index contributed by atoms with van der Waals surface area (Å²) >= 11 is 0. The third-order valence-electron chi connectivity index (χ3n) is 2.65. The Balaban J connectivity index is 1.99. The first-order valence-corrected chi connectivity index (χ1v) is 6.53. The molecule has 0 aromatic heterocycles. The smallest absolute Gasteiger partial charge is 0.367 e. The number of rotatable bonds is 9. The number of urea groups is 1. The average Bonchev–Trinajstić information content (AvgIpc) is 2.73. The molecule has 0 aliphatic carbocycles. The fourth-order valence-corrected chi connectivity index (χ4v) is 1.66. The first-order chi connectivity index (χ1) is 8.72. The van der Waals surface area contributed by atoms with Crippen molar-refractivity contribution in [3.05, 3.63) is 0 Å². The Morgan fingerprint density at radius 3 is 2.61 bits per heavy atom. The minimum absolute atomic E-state index is 0.0328. The Bertz CT molecular complexity index is 348. The highest BCUT2D eigenvalue weighted by molar-refractivity contribution is 6.40. The molecule has 0 spiro atoms. The average molecular weight is 252 g/mol. The third-order valence-corrected chi connectivity index (χ3v) is 2.65. The maximum atomic E-state index is 11.4. The molecule has 0 aromatic rings. The van der Waals surface area contributed by atoms with Crippen molar-refractivity contribution < 1.29 is 14.3 Å². The van der Waals surface area contributed by atoms with Crippen molar-refractivity contribution in [1.29, 1.82) is 0 Å². The lowest BCUT2D eigenvalue weighted by molar-refractivity contribution is -0.142. The molecule has 0 saturated heterocycles. The fourth-order valence-electron chi connectivity index (χ4n) is 1.66. The van der Waals surface area contributed by atoms with Crippen LogP contribution in [0.15, 0.2) is 9.98 Å². The number of unbranched alkanes of at least 4 members (excludes halogenated alkanes) is 5. The first kappa shape index (κ1) is 14.5. The van der Waals surface area contributed by atoms with Crippen LogP contribution in [0.3, 0.4) is 0 Å². The van der Waals surface area contributed by atoms with Crippen LogP contribution < -0.4 is 0 Å². The molecule has 5 nitrogen and oxygen atoms in total. The molecule has 1 rings (SSSR count). The van der Waals surface area contributed by atoms with E-state index >= 15 is 0 Å². The van der Waals surface area contributed by atoms with Gasteiger partial charge in [-0.15, -0.1) is 0 Å². The van der Waals surface area contributed by atoms with Gasteiger partial charge in [-0.3, -0.25) is 4.79 Å². The van der Waals surface area contributed by atoms with Crippen LogP contribution in [0.5, 0.6) is 0 Å². The van der Waals surface area contributed by atoms with Gasteiger partial charge in [0.05, 0.1) is 25.0 Å². The summed E-state index contributed by atoms with van der Waals surface area (Å²) in [5, 5.41) is 0. The van der Waals surface area contributed by atoms with E-state index in [1.165, 1.54) is 31.9 Å². The highest BCUT2D eigenvalue weighted by Gasteiger charge is 2.13. The van der Waals surface area contributed by atoms with E-state index < -0.39 is 6.03 Å². The van der Waals surface area contributed by atoms with E-state index in [0.29, 0.717) is 12.3 Å². The molecule has 1 aliphatic rings. The number of carbonyl (C=O) groups excluding carboxylic acids is 2. The number of amides is 2. The second kappa shape index (κ2) is 8.55. The monoisotopic (exact) mass is 252 g/mol. The number of ether oxygens (including phenoxy) is 1. The van der Waals surface area contributed by atoms with Crippen molar-refractivity contribution in [1.82, 2.24) is 0 Å². The molecule has 0 unspecified atom stereocenters. The van der Waals surface area contributed by atoms with Crippen LogP contribution in [0.4, 0.5) is 4.79 Å². The molecule has 0 bridgehead atoms. The maximum absolute atomic E-state index is 11.4. The minimum atomic E-state index is -0.547. The highest BCUT2D eigenvalue weighted by atomic mass is 16.5. The quantitative estimate of drug-likeness (QED) is 0.468. The zero-order valence-corrected chi connectivity index (χ0v) is 10.9. The predicted molar refractivity (Wildman–Crippen MR) is 70.3 cm³/mol. The van der Waals surface area contributed by atoms with Crippen molar-refractivity contribution in [3.63, 3.8) is 0 Å². The number of nitrogens with zero attached hydrogens (tertiary/aromatic N) is 2. The summed E-state index contributed by atoms with van der Waals surface area (Å²) in [4.78, 5) is 29.0. The Morgan fingerprint density at radius 2 is 1.94 bits per heavy atom. The van der Waals surface area contributed by atoms with E-state index in [9.17, 15) is 9.59 Å². The molecule has 18 heavy (non-hydrogen) atoms. The molecule has 100 valence electrons. The van der Waals surface area contributed by atoms with Gasteiger partial charge in [0.15, 0.2) is 0 Å². The molecule has 1 aliphatic heterocycles. The summed E-state index contributed by atoms with van der Waals surface area (Å²) < 4.78 is 5.05. The summed E-state index contributed by atoms with van der Waals surface area (Å²) in [6, 6.07) is -0.547. The summed E-state index contributed by atoms with van der Waals surface area (Å²) in [5.41, 5.74) is 0.382. The van der Waals surface area contributed by atoms with Gasteiger partial charge in [0.25, 0.3) is 0 Å². The highest BCUT2D eigenvalue weighted by Crippen LogP contribution is 2.05. The summed E-state index contributed by atoms with van der Waals surface area (Å²) in [7, 11) is 0. The predicted octanol–water partition coefficient (Wildman–Crippen LogP) is 2.93. The van der Waals surface area contributed by atoms with Crippen LogP contribution in [0, 0.1) is 0 Å². The lowest BCUT2D eigenvalue weighted by atomic mass is 10.1. The van der Waals surface area contributed by atoms with Crippen molar-refractivity contribution in [2.45, 2.75) is 51.9 Å². The second-order valence-electron chi connectivity index (χ2n) is 4.31. The Hall–Kier alpha value is -1.52.